The summed E-state index contributed by atoms with van der Waals surface area (Å²) in [5, 5.41) is 14.5. The number of hydrogen-bond acceptors (Lipinski definition) is 7. The molecule has 3 atom stereocenters. The minimum absolute atomic E-state index is 0.142. The lowest BCUT2D eigenvalue weighted by molar-refractivity contribution is -0.124. The molecule has 4 heterocycles. The third-order valence-corrected chi connectivity index (χ3v) is 8.93. The van der Waals surface area contributed by atoms with Gasteiger partial charge in [-0.25, -0.2) is 19.6 Å². The molecule has 1 saturated heterocycles. The van der Waals surface area contributed by atoms with Gasteiger partial charge in [-0.2, -0.15) is 0 Å². The quantitative estimate of drug-likeness (QED) is 0.138. The monoisotopic (exact) mass is 695 g/mol. The number of allylic oxidation sites excluding steroid dienone is 1. The second kappa shape index (κ2) is 15.6. The summed E-state index contributed by atoms with van der Waals surface area (Å²) in [6.45, 7) is 7.09. The lowest BCUT2D eigenvalue weighted by Crippen LogP contribution is -2.47. The van der Waals surface area contributed by atoms with Crippen molar-refractivity contribution in [2.75, 3.05) is 19.8 Å². The molecule has 2 aliphatic heterocycles. The molecule has 268 valence electrons. The fourth-order valence-electron chi connectivity index (χ4n) is 6.36. The van der Waals surface area contributed by atoms with Crippen molar-refractivity contribution in [1.82, 2.24) is 35.5 Å². The first-order chi connectivity index (χ1) is 24.5. The topological polar surface area (TPSA) is 175 Å². The van der Waals surface area contributed by atoms with Crippen molar-refractivity contribution in [3.05, 3.63) is 84.7 Å². The smallest absolute Gasteiger partial charge is 0.410 e. The van der Waals surface area contributed by atoms with E-state index in [4.69, 9.17) is 9.47 Å². The molecule has 13 nitrogen and oxygen atoms in total. The van der Waals surface area contributed by atoms with Gasteiger partial charge in [0.05, 0.1) is 42.5 Å². The number of aromatic nitrogens is 4. The van der Waals surface area contributed by atoms with E-state index >= 15 is 0 Å². The molecule has 0 radical (unpaired) electrons. The lowest BCUT2D eigenvalue weighted by atomic mass is 10.0. The molecular formula is C38H45N7O6. The van der Waals surface area contributed by atoms with E-state index in [1.165, 1.54) is 0 Å². The van der Waals surface area contributed by atoms with Crippen LogP contribution >= 0.6 is 0 Å². The number of ether oxygens (including phenoxy) is 2. The highest BCUT2D eigenvalue weighted by atomic mass is 16.6. The highest BCUT2D eigenvalue weighted by Gasteiger charge is 2.35. The SMILES string of the molecule is CC(C)(C)OC(=O)N1CCC[C@H]1c1ncc(-c2ccc(-c3ccc(-c4cnc([C@@H]5CCOC/C=C\CC[C@@H](NC(=O)O)C(=O)N5)[nH]4)cc3)cc2)[nH]1. The Hall–Kier alpha value is -5.43. The number of aromatic amines is 2. The molecule has 3 amide bonds. The van der Waals surface area contributed by atoms with E-state index < -0.39 is 29.7 Å². The number of H-pyrrole nitrogens is 2. The Kier molecular flexibility index (Phi) is 10.8. The van der Waals surface area contributed by atoms with Crippen molar-refractivity contribution in [2.45, 2.75) is 76.6 Å². The van der Waals surface area contributed by atoms with Crippen LogP contribution in [0.5, 0.6) is 0 Å². The summed E-state index contributed by atoms with van der Waals surface area (Å²) < 4.78 is 11.3. The first-order valence-electron chi connectivity index (χ1n) is 17.4. The van der Waals surface area contributed by atoms with Gasteiger partial charge >= 0.3 is 12.2 Å². The van der Waals surface area contributed by atoms with Crippen LogP contribution in [0.1, 0.15) is 76.6 Å². The standard InChI is InChI=1S/C38H45N7O6/c1-38(2,3)51-37(49)45-19-7-9-32(45)34-40-23-31(42-34)27-16-12-25(13-17-27)24-10-14-26(15-11-24)30-22-39-33(41-30)28-18-21-50-20-6-4-5-8-29(35(46)43-28)44-36(47)48/h4,6,10-17,22-23,28-29,32,44H,5,7-9,18-21H2,1-3H3,(H,39,41)(H,40,42)(H,43,46)(H,47,48)/b6-4-/t28-,29+,32-/m0/s1. The highest BCUT2D eigenvalue weighted by Crippen LogP contribution is 2.33. The minimum Gasteiger partial charge on any atom is -0.465 e. The zero-order valence-electron chi connectivity index (χ0n) is 29.1. The van der Waals surface area contributed by atoms with Crippen LogP contribution in [0.15, 0.2) is 73.1 Å². The van der Waals surface area contributed by atoms with Gasteiger partial charge in [0.1, 0.15) is 23.3 Å². The largest absolute Gasteiger partial charge is 0.465 e. The summed E-state index contributed by atoms with van der Waals surface area (Å²) in [6.07, 6.45) is 8.82. The molecular weight excluding hydrogens is 650 g/mol. The molecule has 2 aliphatic rings. The molecule has 6 rings (SSSR count). The molecule has 2 aromatic carbocycles. The van der Waals surface area contributed by atoms with E-state index in [0.29, 0.717) is 44.8 Å². The van der Waals surface area contributed by atoms with Gasteiger partial charge in [-0.05, 0) is 75.1 Å². The van der Waals surface area contributed by atoms with Gasteiger partial charge in [-0.3, -0.25) is 9.69 Å². The summed E-state index contributed by atoms with van der Waals surface area (Å²) in [7, 11) is 0. The second-order valence-corrected chi connectivity index (χ2v) is 13.8. The fourth-order valence-corrected chi connectivity index (χ4v) is 6.36. The Balaban J connectivity index is 1.11. The van der Waals surface area contributed by atoms with Crippen LogP contribution in [-0.2, 0) is 14.3 Å². The number of benzene rings is 2. The molecule has 0 aliphatic carbocycles. The summed E-state index contributed by atoms with van der Waals surface area (Å²) >= 11 is 0. The zero-order chi connectivity index (χ0) is 36.0. The van der Waals surface area contributed by atoms with Crippen molar-refractivity contribution in [2.24, 2.45) is 0 Å². The summed E-state index contributed by atoms with van der Waals surface area (Å²) in [4.78, 5) is 54.9. The molecule has 51 heavy (non-hydrogen) atoms. The Morgan fingerprint density at radius 2 is 1.49 bits per heavy atom. The third kappa shape index (κ3) is 9.03. The molecule has 1 fully saturated rings. The lowest BCUT2D eigenvalue weighted by Gasteiger charge is -2.27. The normalized spacial score (nSPS) is 20.9. The van der Waals surface area contributed by atoms with Gasteiger partial charge < -0.3 is 35.2 Å². The highest BCUT2D eigenvalue weighted by molar-refractivity contribution is 5.85. The van der Waals surface area contributed by atoms with Crippen molar-refractivity contribution in [1.29, 1.82) is 0 Å². The number of carboxylic acid groups (broad SMARTS) is 1. The third-order valence-electron chi connectivity index (χ3n) is 8.93. The van der Waals surface area contributed by atoms with Gasteiger partial charge in [0.15, 0.2) is 0 Å². The Morgan fingerprint density at radius 3 is 2.12 bits per heavy atom. The summed E-state index contributed by atoms with van der Waals surface area (Å²) in [5.41, 5.74) is 5.14. The molecule has 0 bridgehead atoms. The van der Waals surface area contributed by atoms with E-state index in [0.717, 1.165) is 52.3 Å². The number of likely N-dealkylation sites (tertiary alicyclic amines) is 1. The number of imidazole rings is 2. The average molecular weight is 696 g/mol. The Bertz CT molecular complexity index is 1840. The Morgan fingerprint density at radius 1 is 0.882 bits per heavy atom. The number of hydrogen-bond donors (Lipinski definition) is 5. The van der Waals surface area contributed by atoms with Gasteiger partial charge in [-0.1, -0.05) is 60.7 Å². The van der Waals surface area contributed by atoms with Crippen molar-refractivity contribution < 1.29 is 29.0 Å². The van der Waals surface area contributed by atoms with Gasteiger partial charge in [-0.15, -0.1) is 0 Å². The van der Waals surface area contributed by atoms with Crippen molar-refractivity contribution in [3.63, 3.8) is 0 Å². The predicted molar refractivity (Wildman–Crippen MR) is 192 cm³/mol. The molecule has 5 N–H and O–H groups in total. The van der Waals surface area contributed by atoms with Crippen molar-refractivity contribution in [3.8, 4) is 33.6 Å². The van der Waals surface area contributed by atoms with Crippen molar-refractivity contribution >= 4 is 18.1 Å². The van der Waals surface area contributed by atoms with Crippen LogP contribution in [0.25, 0.3) is 33.6 Å². The number of nitrogens with one attached hydrogen (secondary N) is 4. The van der Waals surface area contributed by atoms with Crippen LogP contribution in [0.3, 0.4) is 0 Å². The maximum absolute atomic E-state index is 13.1. The molecule has 0 spiro atoms. The van der Waals surface area contributed by atoms with E-state index in [1.807, 2.05) is 63.4 Å². The maximum atomic E-state index is 13.1. The number of rotatable bonds is 6. The predicted octanol–water partition coefficient (Wildman–Crippen LogP) is 6.76. The van der Waals surface area contributed by atoms with Crippen LogP contribution in [0.4, 0.5) is 9.59 Å². The van der Waals surface area contributed by atoms with E-state index in [9.17, 15) is 19.5 Å². The van der Waals surface area contributed by atoms with Gasteiger partial charge in [0, 0.05) is 13.2 Å². The number of amides is 3. The maximum Gasteiger partial charge on any atom is 0.410 e. The first kappa shape index (κ1) is 35.4. The molecule has 0 unspecified atom stereocenters. The summed E-state index contributed by atoms with van der Waals surface area (Å²) in [6, 6.07) is 14.9. The molecule has 4 aromatic rings. The number of carbonyl (C=O) groups excluding carboxylic acids is 2. The minimum atomic E-state index is -1.24. The second-order valence-electron chi connectivity index (χ2n) is 13.8. The van der Waals surface area contributed by atoms with Crippen LogP contribution < -0.4 is 10.6 Å². The van der Waals surface area contributed by atoms with Crippen LogP contribution in [-0.4, -0.2) is 79.4 Å². The molecule has 13 heteroatoms. The number of nitrogens with zero attached hydrogens (tertiary/aromatic N) is 3. The number of carbonyl (C=O) groups is 3. The summed E-state index contributed by atoms with van der Waals surface area (Å²) in [5.74, 6) is 0.918. The van der Waals surface area contributed by atoms with Gasteiger partial charge in [0.2, 0.25) is 5.91 Å². The molecule has 0 saturated carbocycles. The van der Waals surface area contributed by atoms with Crippen LogP contribution in [0.2, 0.25) is 0 Å². The average Bonchev–Trinajstić information content (AvgIpc) is 3.88. The van der Waals surface area contributed by atoms with Crippen LogP contribution in [0, 0.1) is 0 Å². The van der Waals surface area contributed by atoms with Gasteiger partial charge in [0.25, 0.3) is 0 Å². The Labute approximate surface area is 296 Å². The zero-order valence-corrected chi connectivity index (χ0v) is 29.1. The van der Waals surface area contributed by atoms with E-state index in [-0.39, 0.29) is 12.1 Å². The molecule has 2 aromatic heterocycles. The fraction of sp³-hybridized carbons (Fsp3) is 0.395. The van der Waals surface area contributed by atoms with E-state index in [2.05, 4.69) is 54.8 Å². The first-order valence-corrected chi connectivity index (χ1v) is 17.4. The van der Waals surface area contributed by atoms with E-state index in [1.54, 1.807) is 11.1 Å².